The topological polar surface area (TPSA) is 12.5 Å². The highest BCUT2D eigenvalue weighted by Crippen LogP contribution is 2.55. The standard InChI is InChI=1S/C32H29Br2NO/c1-31(2)29-21-22(9-18-28(29)32(36-31)19-5-6-20-32)27-7-3-4-8-30(27)35(25-14-10-23(33)11-15-25)26-16-12-24(34)13-17-26/h3-4,7-18,21H,5-6,19-20H2,1-2H3. The Morgan fingerprint density at radius 1 is 0.694 bits per heavy atom. The molecule has 182 valence electrons. The zero-order valence-electron chi connectivity index (χ0n) is 20.6. The molecular weight excluding hydrogens is 574 g/mol. The number of ether oxygens (including phenoxy) is 1. The van der Waals surface area contributed by atoms with Gasteiger partial charge >= 0.3 is 0 Å². The van der Waals surface area contributed by atoms with Gasteiger partial charge in [-0.15, -0.1) is 0 Å². The van der Waals surface area contributed by atoms with Crippen molar-refractivity contribution >= 4 is 48.9 Å². The van der Waals surface area contributed by atoms with Gasteiger partial charge in [-0.05, 0) is 104 Å². The molecule has 1 heterocycles. The lowest BCUT2D eigenvalue weighted by molar-refractivity contribution is -0.122. The Balaban J connectivity index is 1.51. The summed E-state index contributed by atoms with van der Waals surface area (Å²) in [6, 6.07) is 32.7. The minimum Gasteiger partial charge on any atom is -0.360 e. The highest BCUT2D eigenvalue weighted by molar-refractivity contribution is 9.10. The van der Waals surface area contributed by atoms with Crippen LogP contribution in [0.3, 0.4) is 0 Å². The Labute approximate surface area is 230 Å². The Morgan fingerprint density at radius 2 is 1.28 bits per heavy atom. The average Bonchev–Trinajstić information content (AvgIpc) is 3.43. The molecule has 0 amide bonds. The maximum atomic E-state index is 6.78. The Bertz CT molecular complexity index is 1360. The largest absolute Gasteiger partial charge is 0.360 e. The van der Waals surface area contributed by atoms with Crippen LogP contribution in [-0.4, -0.2) is 0 Å². The molecule has 0 bridgehead atoms. The van der Waals surface area contributed by atoms with Crippen molar-refractivity contribution in [3.63, 3.8) is 0 Å². The predicted molar refractivity (Wildman–Crippen MR) is 156 cm³/mol. The number of rotatable bonds is 4. The fourth-order valence-electron chi connectivity index (χ4n) is 6.04. The van der Waals surface area contributed by atoms with Crippen LogP contribution in [0, 0.1) is 0 Å². The Hall–Kier alpha value is -2.40. The van der Waals surface area contributed by atoms with Crippen LogP contribution >= 0.6 is 31.9 Å². The van der Waals surface area contributed by atoms with Crippen molar-refractivity contribution in [1.29, 1.82) is 0 Å². The highest BCUT2D eigenvalue weighted by atomic mass is 79.9. The van der Waals surface area contributed by atoms with Crippen LogP contribution in [0.25, 0.3) is 11.1 Å². The molecule has 2 nitrogen and oxygen atoms in total. The number of benzene rings is 4. The van der Waals surface area contributed by atoms with Crippen LogP contribution in [0.15, 0.2) is 99.9 Å². The molecule has 0 unspecified atom stereocenters. The first kappa shape index (κ1) is 24.0. The molecule has 0 N–H and O–H groups in total. The van der Waals surface area contributed by atoms with E-state index in [1.54, 1.807) is 0 Å². The van der Waals surface area contributed by atoms with Gasteiger partial charge in [-0.25, -0.2) is 0 Å². The number of anilines is 3. The lowest BCUT2D eigenvalue weighted by atomic mass is 9.85. The van der Waals surface area contributed by atoms with Crippen LogP contribution in [0.4, 0.5) is 17.1 Å². The molecule has 4 aromatic carbocycles. The second-order valence-corrected chi connectivity index (χ2v) is 12.2. The van der Waals surface area contributed by atoms with E-state index in [2.05, 4.69) is 142 Å². The molecule has 1 aliphatic carbocycles. The summed E-state index contributed by atoms with van der Waals surface area (Å²) in [7, 11) is 0. The van der Waals surface area contributed by atoms with Crippen molar-refractivity contribution in [2.75, 3.05) is 4.90 Å². The smallest absolute Gasteiger partial charge is 0.0946 e. The van der Waals surface area contributed by atoms with Gasteiger partial charge in [0.25, 0.3) is 0 Å². The van der Waals surface area contributed by atoms with Gasteiger partial charge in [0, 0.05) is 25.9 Å². The maximum absolute atomic E-state index is 6.78. The highest BCUT2D eigenvalue weighted by Gasteiger charge is 2.50. The first-order valence-corrected chi connectivity index (χ1v) is 14.2. The second-order valence-electron chi connectivity index (χ2n) is 10.4. The third kappa shape index (κ3) is 4.13. The van der Waals surface area contributed by atoms with Crippen LogP contribution in [0.1, 0.15) is 50.7 Å². The number of para-hydroxylation sites is 1. The van der Waals surface area contributed by atoms with Crippen molar-refractivity contribution in [3.8, 4) is 11.1 Å². The maximum Gasteiger partial charge on any atom is 0.0946 e. The molecule has 0 aromatic heterocycles. The SMILES string of the molecule is CC1(C)OC2(CCCC2)c2ccc(-c3ccccc3N(c3ccc(Br)cc3)c3ccc(Br)cc3)cc21. The van der Waals surface area contributed by atoms with Crippen LogP contribution < -0.4 is 4.90 Å². The summed E-state index contributed by atoms with van der Waals surface area (Å²) >= 11 is 7.19. The van der Waals surface area contributed by atoms with E-state index in [9.17, 15) is 0 Å². The lowest BCUT2D eigenvalue weighted by Crippen LogP contribution is -2.25. The summed E-state index contributed by atoms with van der Waals surface area (Å²) in [4.78, 5) is 2.33. The number of hydrogen-bond acceptors (Lipinski definition) is 2. The number of halogens is 2. The first-order valence-electron chi connectivity index (χ1n) is 12.6. The minimum absolute atomic E-state index is 0.0994. The summed E-state index contributed by atoms with van der Waals surface area (Å²) < 4.78 is 8.91. The van der Waals surface area contributed by atoms with E-state index in [4.69, 9.17) is 4.74 Å². The number of nitrogens with zero attached hydrogens (tertiary/aromatic N) is 1. The minimum atomic E-state index is -0.290. The van der Waals surface area contributed by atoms with Gasteiger partial charge < -0.3 is 9.64 Å². The molecule has 0 atom stereocenters. The molecule has 1 saturated carbocycles. The van der Waals surface area contributed by atoms with Gasteiger partial charge in [-0.2, -0.15) is 0 Å². The van der Waals surface area contributed by atoms with Crippen LogP contribution in [0.5, 0.6) is 0 Å². The summed E-state index contributed by atoms with van der Waals surface area (Å²) in [5.41, 5.74) is 8.13. The molecule has 2 aliphatic rings. The lowest BCUT2D eigenvalue weighted by Gasteiger charge is -2.28. The van der Waals surface area contributed by atoms with Crippen LogP contribution in [0.2, 0.25) is 0 Å². The van der Waals surface area contributed by atoms with Gasteiger partial charge in [0.2, 0.25) is 0 Å². The van der Waals surface area contributed by atoms with Gasteiger partial charge in [0.15, 0.2) is 0 Å². The third-order valence-electron chi connectivity index (χ3n) is 7.65. The van der Waals surface area contributed by atoms with Gasteiger partial charge in [0.05, 0.1) is 16.9 Å². The fourth-order valence-corrected chi connectivity index (χ4v) is 6.57. The van der Waals surface area contributed by atoms with E-state index in [1.807, 2.05) is 0 Å². The fraction of sp³-hybridized carbons (Fsp3) is 0.250. The molecular formula is C32H29Br2NO. The van der Waals surface area contributed by atoms with Gasteiger partial charge in [-0.1, -0.05) is 75.0 Å². The van der Waals surface area contributed by atoms with Gasteiger partial charge in [-0.3, -0.25) is 0 Å². The molecule has 1 fully saturated rings. The van der Waals surface area contributed by atoms with E-state index in [0.717, 1.165) is 38.8 Å². The summed E-state index contributed by atoms with van der Waals surface area (Å²) in [5.74, 6) is 0. The number of fused-ring (bicyclic) bond motifs is 2. The molecule has 0 radical (unpaired) electrons. The second kappa shape index (κ2) is 9.16. The van der Waals surface area contributed by atoms with Gasteiger partial charge in [0.1, 0.15) is 0 Å². The zero-order valence-corrected chi connectivity index (χ0v) is 23.8. The summed E-state index contributed by atoms with van der Waals surface area (Å²) in [6.07, 6.45) is 4.74. The van der Waals surface area contributed by atoms with E-state index in [1.165, 1.54) is 35.1 Å². The third-order valence-corrected chi connectivity index (χ3v) is 8.70. The Morgan fingerprint density at radius 3 is 1.89 bits per heavy atom. The first-order chi connectivity index (χ1) is 17.4. The number of hydrogen-bond donors (Lipinski definition) is 0. The normalized spacial score (nSPS) is 17.3. The molecule has 4 heteroatoms. The van der Waals surface area contributed by atoms with E-state index in [0.29, 0.717) is 0 Å². The van der Waals surface area contributed by atoms with Crippen molar-refractivity contribution < 1.29 is 4.74 Å². The van der Waals surface area contributed by atoms with E-state index in [-0.39, 0.29) is 11.2 Å². The quantitative estimate of drug-likeness (QED) is 0.230. The van der Waals surface area contributed by atoms with Crippen molar-refractivity contribution in [2.24, 2.45) is 0 Å². The molecule has 6 rings (SSSR count). The van der Waals surface area contributed by atoms with E-state index >= 15 is 0 Å². The Kier molecular flexibility index (Phi) is 6.10. The average molecular weight is 603 g/mol. The predicted octanol–water partition coefficient (Wildman–Crippen LogP) is 10.4. The summed E-state index contributed by atoms with van der Waals surface area (Å²) in [5, 5.41) is 0. The molecule has 1 spiro atoms. The monoisotopic (exact) mass is 601 g/mol. The molecule has 1 aliphatic heterocycles. The molecule has 4 aromatic rings. The van der Waals surface area contributed by atoms with Crippen molar-refractivity contribution in [3.05, 3.63) is 111 Å². The van der Waals surface area contributed by atoms with Crippen LogP contribution in [-0.2, 0) is 15.9 Å². The van der Waals surface area contributed by atoms with Crippen molar-refractivity contribution in [2.45, 2.75) is 50.7 Å². The van der Waals surface area contributed by atoms with Crippen molar-refractivity contribution in [1.82, 2.24) is 0 Å². The molecule has 0 saturated heterocycles. The van der Waals surface area contributed by atoms with E-state index < -0.39 is 0 Å². The zero-order chi connectivity index (χ0) is 24.9. The molecule has 36 heavy (non-hydrogen) atoms. The summed E-state index contributed by atoms with van der Waals surface area (Å²) in [6.45, 7) is 4.45.